The number of halogens is 1. The fraction of sp³-hybridized carbons (Fsp3) is 0.375. The zero-order valence-corrected chi connectivity index (χ0v) is 7.17. The van der Waals surface area contributed by atoms with Crippen LogP contribution < -0.4 is 0 Å². The minimum atomic E-state index is -0.974. The third-order valence-electron chi connectivity index (χ3n) is 1.50. The van der Waals surface area contributed by atoms with E-state index in [1.165, 1.54) is 6.08 Å². The number of carbonyl (C=O) groups is 1. The van der Waals surface area contributed by atoms with Crippen molar-refractivity contribution in [3.8, 4) is 0 Å². The van der Waals surface area contributed by atoms with Crippen LogP contribution in [0.4, 0.5) is 0 Å². The second kappa shape index (κ2) is 4.28. The molecule has 0 aromatic heterocycles. The Labute approximate surface area is 75.3 Å². The standard InChI is InChI=1S/C8H9ClO3/c9-7-3-4-12-5-6(7)1-2-8(10)11/h1-2H,3-5H2,(H,10,11)/b2-1+. The molecule has 66 valence electrons. The summed E-state index contributed by atoms with van der Waals surface area (Å²) in [6.07, 6.45) is 3.21. The van der Waals surface area contributed by atoms with E-state index in [1.54, 1.807) is 0 Å². The van der Waals surface area contributed by atoms with Gasteiger partial charge in [0.05, 0.1) is 13.2 Å². The third-order valence-corrected chi connectivity index (χ3v) is 1.93. The molecule has 0 aromatic rings. The molecule has 1 aliphatic rings. The molecule has 0 bridgehead atoms. The van der Waals surface area contributed by atoms with Crippen molar-refractivity contribution in [3.63, 3.8) is 0 Å². The molecule has 0 atom stereocenters. The van der Waals surface area contributed by atoms with Crippen LogP contribution in [0, 0.1) is 0 Å². The summed E-state index contributed by atoms with van der Waals surface area (Å²) in [5.41, 5.74) is 0.755. The zero-order valence-electron chi connectivity index (χ0n) is 6.42. The number of rotatable bonds is 2. The summed E-state index contributed by atoms with van der Waals surface area (Å²) >= 11 is 5.82. The summed E-state index contributed by atoms with van der Waals surface area (Å²) in [6, 6.07) is 0. The lowest BCUT2D eigenvalue weighted by molar-refractivity contribution is -0.131. The molecule has 1 aliphatic heterocycles. The maximum absolute atomic E-state index is 10.2. The van der Waals surface area contributed by atoms with Gasteiger partial charge in [0.2, 0.25) is 0 Å². The average molecular weight is 189 g/mol. The van der Waals surface area contributed by atoms with Crippen LogP contribution in [0.25, 0.3) is 0 Å². The largest absolute Gasteiger partial charge is 0.478 e. The van der Waals surface area contributed by atoms with Crippen LogP contribution in [-0.2, 0) is 9.53 Å². The highest BCUT2D eigenvalue weighted by molar-refractivity contribution is 6.30. The lowest BCUT2D eigenvalue weighted by Gasteiger charge is -2.13. The van der Waals surface area contributed by atoms with E-state index >= 15 is 0 Å². The molecule has 0 unspecified atom stereocenters. The van der Waals surface area contributed by atoms with Crippen molar-refractivity contribution < 1.29 is 14.6 Å². The molecule has 0 fully saturated rings. The van der Waals surface area contributed by atoms with Gasteiger partial charge in [-0.1, -0.05) is 11.6 Å². The molecule has 1 rings (SSSR count). The lowest BCUT2D eigenvalue weighted by atomic mass is 10.2. The number of aliphatic carboxylic acids is 1. The Morgan fingerprint density at radius 2 is 2.42 bits per heavy atom. The van der Waals surface area contributed by atoms with Gasteiger partial charge in [0.15, 0.2) is 0 Å². The van der Waals surface area contributed by atoms with Crippen molar-refractivity contribution in [1.82, 2.24) is 0 Å². The van der Waals surface area contributed by atoms with Crippen LogP contribution in [0.5, 0.6) is 0 Å². The molecular formula is C8H9ClO3. The molecule has 1 heterocycles. The summed E-state index contributed by atoms with van der Waals surface area (Å²) in [5, 5.41) is 9.03. The number of hydrogen-bond acceptors (Lipinski definition) is 2. The monoisotopic (exact) mass is 188 g/mol. The lowest BCUT2D eigenvalue weighted by Crippen LogP contribution is -2.07. The first-order chi connectivity index (χ1) is 5.70. The Balaban J connectivity index is 2.66. The van der Waals surface area contributed by atoms with Crippen LogP contribution in [0.3, 0.4) is 0 Å². The van der Waals surface area contributed by atoms with Crippen molar-refractivity contribution in [3.05, 3.63) is 22.8 Å². The smallest absolute Gasteiger partial charge is 0.328 e. The molecule has 0 saturated carbocycles. The predicted molar refractivity (Wildman–Crippen MR) is 45.1 cm³/mol. The zero-order chi connectivity index (χ0) is 8.97. The quantitative estimate of drug-likeness (QED) is 0.669. The average Bonchev–Trinajstić information content (AvgIpc) is 2.03. The Kier molecular flexibility index (Phi) is 3.31. The summed E-state index contributed by atoms with van der Waals surface area (Å²) in [5.74, 6) is -0.974. The Morgan fingerprint density at radius 1 is 1.67 bits per heavy atom. The van der Waals surface area contributed by atoms with Crippen molar-refractivity contribution in [2.75, 3.05) is 13.2 Å². The molecule has 0 saturated heterocycles. The normalized spacial score (nSPS) is 18.8. The topological polar surface area (TPSA) is 46.5 Å². The highest BCUT2D eigenvalue weighted by atomic mass is 35.5. The van der Waals surface area contributed by atoms with Gasteiger partial charge >= 0.3 is 5.97 Å². The third kappa shape index (κ3) is 2.68. The van der Waals surface area contributed by atoms with Gasteiger partial charge in [0.25, 0.3) is 0 Å². The van der Waals surface area contributed by atoms with E-state index in [1.807, 2.05) is 0 Å². The van der Waals surface area contributed by atoms with E-state index in [0.29, 0.717) is 24.7 Å². The van der Waals surface area contributed by atoms with Gasteiger partial charge in [-0.05, 0) is 11.6 Å². The van der Waals surface area contributed by atoms with E-state index in [-0.39, 0.29) is 0 Å². The van der Waals surface area contributed by atoms with Gasteiger partial charge in [-0.15, -0.1) is 0 Å². The molecule has 3 nitrogen and oxygen atoms in total. The molecule has 4 heteroatoms. The van der Waals surface area contributed by atoms with Crippen LogP contribution in [0.2, 0.25) is 0 Å². The molecule has 0 aliphatic carbocycles. The number of ether oxygens (including phenoxy) is 1. The molecule has 1 N–H and O–H groups in total. The Hall–Kier alpha value is -0.800. The van der Waals surface area contributed by atoms with Gasteiger partial charge in [0, 0.05) is 17.5 Å². The summed E-state index contributed by atoms with van der Waals surface area (Å²) in [4.78, 5) is 10.2. The molecule has 0 amide bonds. The van der Waals surface area contributed by atoms with Gasteiger partial charge in [-0.2, -0.15) is 0 Å². The van der Waals surface area contributed by atoms with E-state index in [9.17, 15) is 4.79 Å². The van der Waals surface area contributed by atoms with Crippen LogP contribution in [0.15, 0.2) is 22.8 Å². The van der Waals surface area contributed by atoms with Crippen molar-refractivity contribution in [2.24, 2.45) is 0 Å². The van der Waals surface area contributed by atoms with E-state index in [2.05, 4.69) is 0 Å². The molecule has 12 heavy (non-hydrogen) atoms. The molecule has 0 aromatic carbocycles. The minimum absolute atomic E-state index is 0.405. The number of hydrogen-bond donors (Lipinski definition) is 1. The number of carboxylic acid groups (broad SMARTS) is 1. The predicted octanol–water partition coefficient (Wildman–Crippen LogP) is 1.54. The van der Waals surface area contributed by atoms with E-state index in [0.717, 1.165) is 11.6 Å². The van der Waals surface area contributed by atoms with Gasteiger partial charge < -0.3 is 9.84 Å². The maximum atomic E-state index is 10.2. The first-order valence-electron chi connectivity index (χ1n) is 3.56. The molecule has 0 spiro atoms. The van der Waals surface area contributed by atoms with Gasteiger partial charge in [-0.25, -0.2) is 4.79 Å². The second-order valence-corrected chi connectivity index (χ2v) is 2.86. The van der Waals surface area contributed by atoms with E-state index in [4.69, 9.17) is 21.4 Å². The molecule has 0 radical (unpaired) electrons. The second-order valence-electron chi connectivity index (χ2n) is 2.40. The molecular weight excluding hydrogens is 180 g/mol. The van der Waals surface area contributed by atoms with Crippen LogP contribution >= 0.6 is 11.6 Å². The van der Waals surface area contributed by atoms with Crippen LogP contribution in [-0.4, -0.2) is 24.3 Å². The highest BCUT2D eigenvalue weighted by Gasteiger charge is 2.08. The van der Waals surface area contributed by atoms with Crippen LogP contribution in [0.1, 0.15) is 6.42 Å². The summed E-state index contributed by atoms with van der Waals surface area (Å²) in [7, 11) is 0. The summed E-state index contributed by atoms with van der Waals surface area (Å²) in [6.45, 7) is 1.02. The van der Waals surface area contributed by atoms with E-state index < -0.39 is 5.97 Å². The van der Waals surface area contributed by atoms with Crippen molar-refractivity contribution in [2.45, 2.75) is 6.42 Å². The Bertz CT molecular complexity index is 243. The minimum Gasteiger partial charge on any atom is -0.478 e. The Morgan fingerprint density at radius 3 is 3.00 bits per heavy atom. The maximum Gasteiger partial charge on any atom is 0.328 e. The first-order valence-corrected chi connectivity index (χ1v) is 3.94. The van der Waals surface area contributed by atoms with Crippen molar-refractivity contribution in [1.29, 1.82) is 0 Å². The summed E-state index contributed by atoms with van der Waals surface area (Å²) < 4.78 is 5.10. The van der Waals surface area contributed by atoms with Gasteiger partial charge in [-0.3, -0.25) is 0 Å². The fourth-order valence-corrected chi connectivity index (χ4v) is 1.09. The SMILES string of the molecule is O=C(O)/C=C/C1=C(Cl)CCOC1. The number of carboxylic acids is 1. The fourth-order valence-electron chi connectivity index (χ4n) is 0.893. The highest BCUT2D eigenvalue weighted by Crippen LogP contribution is 2.19. The first kappa shape index (κ1) is 9.29. The van der Waals surface area contributed by atoms with Crippen molar-refractivity contribution >= 4 is 17.6 Å². The van der Waals surface area contributed by atoms with Gasteiger partial charge in [0.1, 0.15) is 0 Å².